The van der Waals surface area contributed by atoms with Crippen molar-refractivity contribution < 1.29 is 28.4 Å². The molecule has 0 amide bonds. The van der Waals surface area contributed by atoms with Gasteiger partial charge in [-0.15, -0.1) is 11.3 Å². The van der Waals surface area contributed by atoms with Gasteiger partial charge in [-0.2, -0.15) is 4.62 Å². The van der Waals surface area contributed by atoms with Crippen LogP contribution in [0, 0.1) is 6.92 Å². The first kappa shape index (κ1) is 13.9. The predicted octanol–water partition coefficient (Wildman–Crippen LogP) is 1.72. The van der Waals surface area contributed by atoms with E-state index in [0.717, 1.165) is 5.56 Å². The first-order valence-corrected chi connectivity index (χ1v) is 8.48. The van der Waals surface area contributed by atoms with Gasteiger partial charge in [0.25, 0.3) is 0 Å². The van der Waals surface area contributed by atoms with Crippen LogP contribution in [-0.4, -0.2) is 20.6 Å². The van der Waals surface area contributed by atoms with E-state index < -0.39 is 21.1 Å². The Hall–Kier alpha value is -0.200. The summed E-state index contributed by atoms with van der Waals surface area (Å²) in [6, 6.07) is 1.67. The third kappa shape index (κ3) is 5.23. The molecule has 0 aliphatic heterocycles. The fourth-order valence-electron chi connectivity index (χ4n) is 0.863. The second-order valence-corrected chi connectivity index (χ2v) is 7.95. The van der Waals surface area contributed by atoms with Crippen molar-refractivity contribution in [2.24, 2.45) is 0 Å². The summed E-state index contributed by atoms with van der Waals surface area (Å²) >= 11 is 1.25. The average Bonchev–Trinajstić information content (AvgIpc) is 2.44. The maximum absolute atomic E-state index is 11.2. The van der Waals surface area contributed by atoms with Crippen molar-refractivity contribution >= 4 is 31.5 Å². The SMILES string of the molecule is Cc1csc(NOP(=O)(O)CP(=O)(O)O)c1. The number of nitrogens with one attached hydrogen (secondary N) is 1. The molecule has 7 nitrogen and oxygen atoms in total. The predicted molar refractivity (Wildman–Crippen MR) is 60.5 cm³/mol. The molecule has 0 saturated carbocycles. The van der Waals surface area contributed by atoms with Crippen LogP contribution in [0.15, 0.2) is 11.4 Å². The van der Waals surface area contributed by atoms with Crippen LogP contribution in [0.3, 0.4) is 0 Å². The van der Waals surface area contributed by atoms with E-state index in [-0.39, 0.29) is 0 Å². The lowest BCUT2D eigenvalue weighted by Gasteiger charge is -2.12. The smallest absolute Gasteiger partial charge is 0.324 e. The second kappa shape index (κ2) is 4.98. The summed E-state index contributed by atoms with van der Waals surface area (Å²) in [5.74, 6) is -1.21. The highest BCUT2D eigenvalue weighted by Crippen LogP contribution is 2.55. The third-order valence-electron chi connectivity index (χ3n) is 1.38. The number of thiophene rings is 1. The Morgan fingerprint density at radius 2 is 2.06 bits per heavy atom. The van der Waals surface area contributed by atoms with Crippen molar-refractivity contribution in [3.8, 4) is 0 Å². The Labute approximate surface area is 95.7 Å². The van der Waals surface area contributed by atoms with Gasteiger partial charge in [0.1, 0.15) is 5.00 Å². The van der Waals surface area contributed by atoms with E-state index in [4.69, 9.17) is 14.7 Å². The Balaban J connectivity index is 2.54. The molecule has 1 atom stereocenters. The van der Waals surface area contributed by atoms with Crippen molar-refractivity contribution in [2.75, 3.05) is 11.4 Å². The summed E-state index contributed by atoms with van der Waals surface area (Å²) in [6.07, 6.45) is 0. The van der Waals surface area contributed by atoms with E-state index >= 15 is 0 Å². The first-order chi connectivity index (χ1) is 7.18. The average molecular weight is 287 g/mol. The van der Waals surface area contributed by atoms with E-state index in [2.05, 4.69) is 10.1 Å². The van der Waals surface area contributed by atoms with Crippen molar-refractivity contribution in [3.05, 3.63) is 17.0 Å². The molecule has 1 heterocycles. The molecule has 0 saturated heterocycles. The molecule has 1 aromatic rings. The molecule has 0 aliphatic carbocycles. The van der Waals surface area contributed by atoms with Gasteiger partial charge in [-0.3, -0.25) is 9.13 Å². The molecule has 0 spiro atoms. The van der Waals surface area contributed by atoms with Crippen LogP contribution < -0.4 is 5.48 Å². The summed E-state index contributed by atoms with van der Waals surface area (Å²) in [6.45, 7) is 1.83. The number of hydrogen-bond acceptors (Lipinski definition) is 5. The number of hydrogen-bond donors (Lipinski definition) is 4. The summed E-state index contributed by atoms with van der Waals surface area (Å²) in [5.41, 5.74) is 3.13. The molecular formula is C6H11NO6P2S. The van der Waals surface area contributed by atoms with Gasteiger partial charge in [-0.05, 0) is 23.9 Å². The molecule has 1 aromatic heterocycles. The number of aryl methyl sites for hydroxylation is 1. The molecule has 0 bridgehead atoms. The van der Waals surface area contributed by atoms with Crippen molar-refractivity contribution in [3.63, 3.8) is 0 Å². The van der Waals surface area contributed by atoms with Crippen LogP contribution in [0.4, 0.5) is 5.00 Å². The summed E-state index contributed by atoms with van der Waals surface area (Å²) in [7, 11) is -8.92. The Morgan fingerprint density at radius 3 is 2.50 bits per heavy atom. The highest BCUT2D eigenvalue weighted by molar-refractivity contribution is 7.70. The minimum absolute atomic E-state index is 0.484. The fraction of sp³-hybridized carbons (Fsp3) is 0.333. The molecule has 92 valence electrons. The molecule has 0 aliphatic rings. The zero-order valence-corrected chi connectivity index (χ0v) is 10.8. The maximum Gasteiger partial charge on any atom is 0.361 e. The van der Waals surface area contributed by atoms with Gasteiger partial charge in [-0.1, -0.05) is 0 Å². The van der Waals surface area contributed by atoms with Crippen LogP contribution in [0.2, 0.25) is 0 Å². The number of rotatable bonds is 5. The Morgan fingerprint density at radius 1 is 1.44 bits per heavy atom. The van der Waals surface area contributed by atoms with Crippen LogP contribution in [0.25, 0.3) is 0 Å². The monoisotopic (exact) mass is 287 g/mol. The zero-order valence-electron chi connectivity index (χ0n) is 8.23. The van der Waals surface area contributed by atoms with Crippen LogP contribution in [0.5, 0.6) is 0 Å². The first-order valence-electron chi connectivity index (χ1n) is 4.04. The van der Waals surface area contributed by atoms with E-state index in [0.29, 0.717) is 5.00 Å². The largest absolute Gasteiger partial charge is 0.361 e. The Bertz CT molecular complexity index is 454. The highest BCUT2D eigenvalue weighted by atomic mass is 32.1. The van der Waals surface area contributed by atoms with Crippen molar-refractivity contribution in [1.29, 1.82) is 0 Å². The van der Waals surface area contributed by atoms with E-state index in [9.17, 15) is 9.13 Å². The molecule has 4 N–H and O–H groups in total. The minimum atomic E-state index is -4.58. The van der Waals surface area contributed by atoms with Gasteiger partial charge < -0.3 is 14.7 Å². The summed E-state index contributed by atoms with van der Waals surface area (Å²) in [4.78, 5) is 26.2. The minimum Gasteiger partial charge on any atom is -0.324 e. The lowest BCUT2D eigenvalue weighted by atomic mass is 10.4. The quantitative estimate of drug-likeness (QED) is 0.481. The molecular weight excluding hydrogens is 276 g/mol. The standard InChI is InChI=1S/C6H11NO6P2S/c1-5-2-6(16-3-5)7-13-15(11,12)4-14(8,9)10/h2-3,7H,4H2,1H3,(H,11,12)(H2,8,9,10). The Kier molecular flexibility index (Phi) is 4.31. The van der Waals surface area contributed by atoms with E-state index in [1.165, 1.54) is 11.3 Å². The molecule has 0 aromatic carbocycles. The van der Waals surface area contributed by atoms with Crippen LogP contribution >= 0.6 is 26.5 Å². The lowest BCUT2D eigenvalue weighted by molar-refractivity contribution is 0.311. The van der Waals surface area contributed by atoms with E-state index in [1.54, 1.807) is 11.4 Å². The molecule has 16 heavy (non-hydrogen) atoms. The molecule has 0 fully saturated rings. The number of anilines is 1. The molecule has 1 unspecified atom stereocenters. The lowest BCUT2D eigenvalue weighted by Crippen LogP contribution is -2.01. The van der Waals surface area contributed by atoms with Gasteiger partial charge >= 0.3 is 15.2 Å². The maximum atomic E-state index is 11.2. The van der Waals surface area contributed by atoms with Crippen LogP contribution in [-0.2, 0) is 13.8 Å². The normalized spacial score (nSPS) is 15.8. The van der Waals surface area contributed by atoms with Gasteiger partial charge in [0.05, 0.1) is 0 Å². The molecule has 0 radical (unpaired) electrons. The third-order valence-corrected chi connectivity index (χ3v) is 5.61. The highest BCUT2D eigenvalue weighted by Gasteiger charge is 2.31. The topological polar surface area (TPSA) is 116 Å². The van der Waals surface area contributed by atoms with E-state index in [1.807, 2.05) is 6.92 Å². The van der Waals surface area contributed by atoms with Crippen LogP contribution in [0.1, 0.15) is 5.56 Å². The fourth-order valence-corrected chi connectivity index (χ4v) is 3.98. The van der Waals surface area contributed by atoms with Crippen molar-refractivity contribution in [1.82, 2.24) is 0 Å². The second-order valence-electron chi connectivity index (χ2n) is 3.13. The van der Waals surface area contributed by atoms with Gasteiger partial charge in [0.2, 0.25) is 0 Å². The summed E-state index contributed by atoms with van der Waals surface area (Å²) < 4.78 is 26.1. The summed E-state index contributed by atoms with van der Waals surface area (Å²) in [5, 5.41) is 2.27. The van der Waals surface area contributed by atoms with Gasteiger partial charge in [-0.25, -0.2) is 5.48 Å². The van der Waals surface area contributed by atoms with Gasteiger partial charge in [0.15, 0.2) is 5.90 Å². The zero-order chi connectivity index (χ0) is 12.4. The van der Waals surface area contributed by atoms with Crippen molar-refractivity contribution in [2.45, 2.75) is 6.92 Å². The van der Waals surface area contributed by atoms with Gasteiger partial charge in [0, 0.05) is 0 Å². The molecule has 1 rings (SSSR count). The molecule has 10 heteroatoms.